The van der Waals surface area contributed by atoms with E-state index >= 15 is 0 Å². The Morgan fingerprint density at radius 2 is 2.12 bits per heavy atom. The molecule has 1 aromatic rings. The lowest BCUT2D eigenvalue weighted by molar-refractivity contribution is -0.138. The first-order valence-electron chi connectivity index (χ1n) is 4.78. The molecule has 16 heavy (non-hydrogen) atoms. The van der Waals surface area contributed by atoms with Gasteiger partial charge in [0.1, 0.15) is 17.7 Å². The Morgan fingerprint density at radius 1 is 1.50 bits per heavy atom. The summed E-state index contributed by atoms with van der Waals surface area (Å²) in [5.74, 6) is -1.68. The van der Waals surface area contributed by atoms with Gasteiger partial charge in [-0.05, 0) is 25.1 Å². The van der Waals surface area contributed by atoms with Crippen LogP contribution in [0.3, 0.4) is 0 Å². The molecule has 0 aliphatic heterocycles. The maximum Gasteiger partial charge on any atom is 0.251 e. The summed E-state index contributed by atoms with van der Waals surface area (Å²) in [6.45, 7) is 1.24. The third-order valence-corrected chi connectivity index (χ3v) is 2.15. The molecule has 5 heteroatoms. The minimum atomic E-state index is -1.15. The molecular weight excluding hydrogens is 216 g/mol. The molecule has 0 radical (unpaired) electrons. The van der Waals surface area contributed by atoms with Crippen molar-refractivity contribution in [3.63, 3.8) is 0 Å². The highest BCUT2D eigenvalue weighted by Gasteiger charge is 2.16. The molecule has 0 heterocycles. The van der Waals surface area contributed by atoms with Gasteiger partial charge in [0.15, 0.2) is 0 Å². The molecule has 0 saturated heterocycles. The van der Waals surface area contributed by atoms with Crippen molar-refractivity contribution in [1.29, 1.82) is 0 Å². The number of likely N-dealkylation sites (N-methyl/N-ethyl adjacent to an activating group) is 1. The van der Waals surface area contributed by atoms with E-state index in [1.807, 2.05) is 0 Å². The maximum atomic E-state index is 13.2. The first kappa shape index (κ1) is 12.6. The van der Waals surface area contributed by atoms with Gasteiger partial charge < -0.3 is 10.0 Å². The summed E-state index contributed by atoms with van der Waals surface area (Å²) in [5, 5.41) is 9.03. The summed E-state index contributed by atoms with van der Waals surface area (Å²) in [7, 11) is 1.42. The molecule has 0 spiro atoms. The van der Waals surface area contributed by atoms with Crippen molar-refractivity contribution in [2.24, 2.45) is 0 Å². The number of halogens is 2. The lowest BCUT2D eigenvalue weighted by Crippen LogP contribution is -2.34. The number of nitrogens with zero attached hydrogens (tertiary/aromatic N) is 1. The zero-order chi connectivity index (χ0) is 12.3. The maximum absolute atomic E-state index is 13.2. The van der Waals surface area contributed by atoms with E-state index in [0.717, 1.165) is 23.1 Å². The summed E-state index contributed by atoms with van der Waals surface area (Å²) in [6.07, 6.45) is -1.15. The van der Waals surface area contributed by atoms with Gasteiger partial charge in [0, 0.05) is 19.2 Å². The normalized spacial score (nSPS) is 12.3. The third kappa shape index (κ3) is 3.00. The van der Waals surface area contributed by atoms with Crippen LogP contribution in [0.25, 0.3) is 0 Å². The number of rotatable bonds is 3. The van der Waals surface area contributed by atoms with Crippen molar-refractivity contribution in [1.82, 2.24) is 4.90 Å². The Hall–Kier alpha value is -1.49. The average molecular weight is 229 g/mol. The number of benzene rings is 1. The van der Waals surface area contributed by atoms with Crippen LogP contribution in [0.2, 0.25) is 0 Å². The summed E-state index contributed by atoms with van der Waals surface area (Å²) < 4.78 is 26.1. The Labute approximate surface area is 92.3 Å². The molecule has 0 bridgehead atoms. The van der Waals surface area contributed by atoms with Gasteiger partial charge in [-0.3, -0.25) is 4.79 Å². The number of aliphatic hydroxyl groups is 1. The second-order valence-electron chi connectivity index (χ2n) is 3.61. The second-order valence-corrected chi connectivity index (χ2v) is 3.61. The highest BCUT2D eigenvalue weighted by Crippen LogP contribution is 2.12. The molecule has 0 aliphatic carbocycles. The highest BCUT2D eigenvalue weighted by molar-refractivity contribution is 5.79. The third-order valence-electron chi connectivity index (χ3n) is 2.15. The van der Waals surface area contributed by atoms with Gasteiger partial charge in [0.05, 0.1) is 0 Å². The van der Waals surface area contributed by atoms with E-state index in [1.54, 1.807) is 0 Å². The van der Waals surface area contributed by atoms with Gasteiger partial charge in [0.25, 0.3) is 5.91 Å². The Bertz CT molecular complexity index is 394. The van der Waals surface area contributed by atoms with Gasteiger partial charge in [-0.15, -0.1) is 0 Å². The van der Waals surface area contributed by atoms with E-state index < -0.39 is 23.6 Å². The first-order valence-corrected chi connectivity index (χ1v) is 4.78. The SMILES string of the molecule is CC(O)C(=O)N(C)Cc1cc(F)ccc1F. The van der Waals surface area contributed by atoms with E-state index in [0.29, 0.717) is 0 Å². The summed E-state index contributed by atoms with van der Waals surface area (Å²) in [5.41, 5.74) is 0.0801. The number of amides is 1. The van der Waals surface area contributed by atoms with Gasteiger partial charge in [0.2, 0.25) is 0 Å². The zero-order valence-electron chi connectivity index (χ0n) is 9.08. The molecule has 88 valence electrons. The van der Waals surface area contributed by atoms with Crippen molar-refractivity contribution >= 4 is 5.91 Å². The van der Waals surface area contributed by atoms with Gasteiger partial charge in [-0.25, -0.2) is 8.78 Å². The molecule has 3 nitrogen and oxygen atoms in total. The topological polar surface area (TPSA) is 40.5 Å². The van der Waals surface area contributed by atoms with Crippen molar-refractivity contribution in [3.05, 3.63) is 35.4 Å². The Kier molecular flexibility index (Phi) is 3.95. The lowest BCUT2D eigenvalue weighted by Gasteiger charge is -2.19. The lowest BCUT2D eigenvalue weighted by atomic mass is 10.2. The van der Waals surface area contributed by atoms with Crippen molar-refractivity contribution in [2.45, 2.75) is 19.6 Å². The first-order chi connectivity index (χ1) is 7.41. The molecule has 1 N–H and O–H groups in total. The molecule has 0 aromatic heterocycles. The molecular formula is C11H13F2NO2. The summed E-state index contributed by atoms with van der Waals surface area (Å²) in [4.78, 5) is 12.4. The summed E-state index contributed by atoms with van der Waals surface area (Å²) >= 11 is 0. The molecule has 0 fully saturated rings. The van der Waals surface area contributed by atoms with Gasteiger partial charge in [-0.2, -0.15) is 0 Å². The fraction of sp³-hybridized carbons (Fsp3) is 0.364. The van der Waals surface area contributed by atoms with Crippen LogP contribution in [0, 0.1) is 11.6 Å². The zero-order valence-corrected chi connectivity index (χ0v) is 9.08. The van der Waals surface area contributed by atoms with Crippen LogP contribution in [0.4, 0.5) is 8.78 Å². The van der Waals surface area contributed by atoms with Crippen LogP contribution in [0.15, 0.2) is 18.2 Å². The fourth-order valence-electron chi connectivity index (χ4n) is 1.32. The quantitative estimate of drug-likeness (QED) is 0.848. The van der Waals surface area contributed by atoms with Crippen LogP contribution in [0.1, 0.15) is 12.5 Å². The molecule has 1 amide bonds. The minimum absolute atomic E-state index is 0.0761. The Morgan fingerprint density at radius 3 is 2.69 bits per heavy atom. The van der Waals surface area contributed by atoms with Crippen LogP contribution >= 0.6 is 0 Å². The predicted octanol–water partition coefficient (Wildman–Crippen LogP) is 1.30. The molecule has 0 saturated carbocycles. The van der Waals surface area contributed by atoms with Crippen LogP contribution in [-0.4, -0.2) is 29.1 Å². The van der Waals surface area contributed by atoms with Crippen molar-refractivity contribution < 1.29 is 18.7 Å². The predicted molar refractivity (Wildman–Crippen MR) is 54.5 cm³/mol. The standard InChI is InChI=1S/C11H13F2NO2/c1-7(15)11(16)14(2)6-8-5-9(12)3-4-10(8)13/h3-5,7,15H,6H2,1-2H3. The highest BCUT2D eigenvalue weighted by atomic mass is 19.1. The number of hydrogen-bond acceptors (Lipinski definition) is 2. The summed E-state index contributed by atoms with van der Waals surface area (Å²) in [6, 6.07) is 3.04. The second kappa shape index (κ2) is 5.03. The smallest absolute Gasteiger partial charge is 0.251 e. The van der Waals surface area contributed by atoms with Gasteiger partial charge in [-0.1, -0.05) is 0 Å². The van der Waals surface area contributed by atoms with Gasteiger partial charge >= 0.3 is 0 Å². The number of carbonyl (C=O) groups is 1. The van der Waals surface area contributed by atoms with Crippen molar-refractivity contribution in [2.75, 3.05) is 7.05 Å². The van der Waals surface area contributed by atoms with E-state index in [2.05, 4.69) is 0 Å². The number of aliphatic hydroxyl groups excluding tert-OH is 1. The van der Waals surface area contributed by atoms with E-state index in [1.165, 1.54) is 14.0 Å². The Balaban J connectivity index is 2.80. The monoisotopic (exact) mass is 229 g/mol. The van der Waals surface area contributed by atoms with E-state index in [-0.39, 0.29) is 12.1 Å². The largest absolute Gasteiger partial charge is 0.384 e. The average Bonchev–Trinajstić information content (AvgIpc) is 2.22. The van der Waals surface area contributed by atoms with Crippen LogP contribution < -0.4 is 0 Å². The van der Waals surface area contributed by atoms with E-state index in [9.17, 15) is 13.6 Å². The van der Waals surface area contributed by atoms with Crippen LogP contribution in [-0.2, 0) is 11.3 Å². The number of carbonyl (C=O) groups excluding carboxylic acids is 1. The molecule has 0 aliphatic rings. The number of hydrogen-bond donors (Lipinski definition) is 1. The van der Waals surface area contributed by atoms with E-state index in [4.69, 9.17) is 5.11 Å². The molecule has 1 unspecified atom stereocenters. The molecule has 1 rings (SSSR count). The molecule has 1 aromatic carbocycles. The fourth-order valence-corrected chi connectivity index (χ4v) is 1.32. The minimum Gasteiger partial charge on any atom is -0.384 e. The van der Waals surface area contributed by atoms with Crippen LogP contribution in [0.5, 0.6) is 0 Å². The molecule has 1 atom stereocenters. The van der Waals surface area contributed by atoms with Crippen molar-refractivity contribution in [3.8, 4) is 0 Å².